The summed E-state index contributed by atoms with van der Waals surface area (Å²) >= 11 is 0. The molecule has 2 aliphatic heterocycles. The monoisotopic (exact) mass is 416 g/mol. The van der Waals surface area contributed by atoms with Gasteiger partial charge < -0.3 is 33.2 Å². The van der Waals surface area contributed by atoms with E-state index in [-0.39, 0.29) is 30.8 Å². The maximum Gasteiger partial charge on any atom is 0.231 e. The average molecular weight is 416 g/mol. The van der Waals surface area contributed by atoms with E-state index in [4.69, 9.17) is 33.2 Å². The van der Waals surface area contributed by atoms with E-state index in [1.807, 2.05) is 36.4 Å². The molecule has 0 radical (unpaired) electrons. The lowest BCUT2D eigenvalue weighted by atomic mass is 9.83. The van der Waals surface area contributed by atoms with E-state index in [9.17, 15) is 0 Å². The molecule has 2 unspecified atom stereocenters. The van der Waals surface area contributed by atoms with Gasteiger partial charge in [-0.05, 0) is 35.4 Å². The lowest BCUT2D eigenvalue weighted by Gasteiger charge is -2.23. The van der Waals surface area contributed by atoms with Crippen molar-refractivity contribution < 1.29 is 33.2 Å². The molecule has 0 saturated carbocycles. The van der Waals surface area contributed by atoms with Crippen LogP contribution in [0.2, 0.25) is 0 Å². The third-order valence-corrected chi connectivity index (χ3v) is 5.80. The number of methoxy groups -OCH3 is 4. The Bertz CT molecular complexity index is 869. The molecular formula is C23H28O7. The standard InChI is InChI=1S/C23H28O7/c1-24-11-16-17(12-25-2)23(15-6-8-19-21(10-15)29-13-28-19)30-22(16)14-5-7-18(26-3)20(9-14)27-4/h5-10,16-17,22-23H,11-13H2,1-4H3/t16?,17?,22-,23+/m0/s1. The zero-order valence-electron chi connectivity index (χ0n) is 17.8. The number of rotatable bonds is 8. The van der Waals surface area contributed by atoms with Crippen LogP contribution < -0.4 is 18.9 Å². The molecule has 162 valence electrons. The van der Waals surface area contributed by atoms with Gasteiger partial charge in [-0.1, -0.05) is 12.1 Å². The predicted octanol–water partition coefficient (Wildman–Crippen LogP) is 3.77. The number of fused-ring (bicyclic) bond motifs is 1. The molecule has 1 fully saturated rings. The first-order chi connectivity index (χ1) is 14.7. The third kappa shape index (κ3) is 3.80. The summed E-state index contributed by atoms with van der Waals surface area (Å²) in [5.74, 6) is 3.06. The van der Waals surface area contributed by atoms with Gasteiger partial charge in [0.25, 0.3) is 0 Å². The Morgan fingerprint density at radius 2 is 1.33 bits per heavy atom. The third-order valence-electron chi connectivity index (χ3n) is 5.80. The summed E-state index contributed by atoms with van der Waals surface area (Å²) in [5.41, 5.74) is 2.05. The highest BCUT2D eigenvalue weighted by atomic mass is 16.7. The first-order valence-corrected chi connectivity index (χ1v) is 9.95. The van der Waals surface area contributed by atoms with Crippen LogP contribution in [-0.2, 0) is 14.2 Å². The minimum absolute atomic E-state index is 0.100. The highest BCUT2D eigenvalue weighted by molar-refractivity contribution is 5.46. The molecule has 2 aromatic carbocycles. The van der Waals surface area contributed by atoms with Gasteiger partial charge in [-0.2, -0.15) is 0 Å². The second kappa shape index (κ2) is 9.12. The summed E-state index contributed by atoms with van der Waals surface area (Å²) in [6.07, 6.45) is -0.349. The second-order valence-corrected chi connectivity index (χ2v) is 7.44. The van der Waals surface area contributed by atoms with Gasteiger partial charge in [0.05, 0.1) is 39.6 Å². The van der Waals surface area contributed by atoms with E-state index in [1.165, 1.54) is 0 Å². The first kappa shape index (κ1) is 20.8. The number of hydrogen-bond acceptors (Lipinski definition) is 7. The quantitative estimate of drug-likeness (QED) is 0.649. The number of ether oxygens (including phenoxy) is 7. The molecule has 2 aromatic rings. The fraction of sp³-hybridized carbons (Fsp3) is 0.478. The Kier molecular flexibility index (Phi) is 6.32. The van der Waals surface area contributed by atoms with Crippen molar-refractivity contribution in [2.75, 3.05) is 48.4 Å². The minimum Gasteiger partial charge on any atom is -0.493 e. The van der Waals surface area contributed by atoms with Crippen LogP contribution in [0.3, 0.4) is 0 Å². The Morgan fingerprint density at radius 1 is 0.733 bits per heavy atom. The molecule has 0 amide bonds. The van der Waals surface area contributed by atoms with Crippen molar-refractivity contribution in [2.24, 2.45) is 11.8 Å². The van der Waals surface area contributed by atoms with Crippen molar-refractivity contribution in [2.45, 2.75) is 12.2 Å². The summed E-state index contributed by atoms with van der Waals surface area (Å²) < 4.78 is 39.7. The average Bonchev–Trinajstić information content (AvgIpc) is 3.38. The van der Waals surface area contributed by atoms with Crippen molar-refractivity contribution in [3.8, 4) is 23.0 Å². The number of benzene rings is 2. The molecular weight excluding hydrogens is 388 g/mol. The van der Waals surface area contributed by atoms with Crippen molar-refractivity contribution in [1.29, 1.82) is 0 Å². The summed E-state index contributed by atoms with van der Waals surface area (Å²) in [6.45, 7) is 1.34. The summed E-state index contributed by atoms with van der Waals surface area (Å²) in [5, 5.41) is 0. The van der Waals surface area contributed by atoms with Crippen LogP contribution in [0.15, 0.2) is 36.4 Å². The van der Waals surface area contributed by atoms with E-state index < -0.39 is 0 Å². The highest BCUT2D eigenvalue weighted by Crippen LogP contribution is 2.51. The molecule has 0 aliphatic carbocycles. The zero-order chi connectivity index (χ0) is 21.1. The molecule has 7 heteroatoms. The largest absolute Gasteiger partial charge is 0.493 e. The lowest BCUT2D eigenvalue weighted by molar-refractivity contribution is 0.0143. The van der Waals surface area contributed by atoms with Gasteiger partial charge in [-0.25, -0.2) is 0 Å². The maximum absolute atomic E-state index is 6.64. The Morgan fingerprint density at radius 3 is 1.97 bits per heavy atom. The van der Waals surface area contributed by atoms with Crippen LogP contribution in [0.5, 0.6) is 23.0 Å². The van der Waals surface area contributed by atoms with E-state index in [1.54, 1.807) is 28.4 Å². The molecule has 1 saturated heterocycles. The van der Waals surface area contributed by atoms with Crippen molar-refractivity contribution in [3.05, 3.63) is 47.5 Å². The van der Waals surface area contributed by atoms with Crippen molar-refractivity contribution in [1.82, 2.24) is 0 Å². The lowest BCUT2D eigenvalue weighted by Crippen LogP contribution is -2.25. The van der Waals surface area contributed by atoms with Crippen LogP contribution >= 0.6 is 0 Å². The molecule has 4 rings (SSSR count). The predicted molar refractivity (Wildman–Crippen MR) is 109 cm³/mol. The van der Waals surface area contributed by atoms with Crippen LogP contribution in [0, 0.1) is 11.8 Å². The van der Waals surface area contributed by atoms with E-state index in [0.29, 0.717) is 24.7 Å². The normalized spacial score (nSPS) is 24.8. The Hall–Kier alpha value is -2.48. The molecule has 0 aromatic heterocycles. The van der Waals surface area contributed by atoms with Crippen molar-refractivity contribution in [3.63, 3.8) is 0 Å². The van der Waals surface area contributed by atoms with Gasteiger partial charge in [0.15, 0.2) is 23.0 Å². The Balaban J connectivity index is 1.70. The molecule has 0 bridgehead atoms. The van der Waals surface area contributed by atoms with E-state index in [2.05, 4.69) is 0 Å². The van der Waals surface area contributed by atoms with Gasteiger partial charge in [-0.15, -0.1) is 0 Å². The molecule has 2 heterocycles. The van der Waals surface area contributed by atoms with Gasteiger partial charge in [0.2, 0.25) is 6.79 Å². The molecule has 0 N–H and O–H groups in total. The SMILES string of the molecule is COCC1C(COC)[C@H](c2ccc(OC)c(OC)c2)O[C@@H]1c1ccc2c(c1)OCO2. The molecule has 7 nitrogen and oxygen atoms in total. The van der Waals surface area contributed by atoms with Crippen LogP contribution in [0.25, 0.3) is 0 Å². The topological polar surface area (TPSA) is 64.6 Å². The van der Waals surface area contributed by atoms with Crippen LogP contribution in [0.4, 0.5) is 0 Å². The van der Waals surface area contributed by atoms with Crippen LogP contribution in [0.1, 0.15) is 23.3 Å². The van der Waals surface area contributed by atoms with E-state index in [0.717, 1.165) is 22.6 Å². The fourth-order valence-corrected chi connectivity index (χ4v) is 4.39. The van der Waals surface area contributed by atoms with Crippen molar-refractivity contribution >= 4 is 0 Å². The smallest absolute Gasteiger partial charge is 0.231 e. The summed E-state index contributed by atoms with van der Waals surface area (Å²) in [7, 11) is 6.68. The summed E-state index contributed by atoms with van der Waals surface area (Å²) in [4.78, 5) is 0. The van der Waals surface area contributed by atoms with Gasteiger partial charge in [0, 0.05) is 26.1 Å². The second-order valence-electron chi connectivity index (χ2n) is 7.44. The van der Waals surface area contributed by atoms with Gasteiger partial charge >= 0.3 is 0 Å². The summed E-state index contributed by atoms with van der Waals surface area (Å²) in [6, 6.07) is 11.8. The molecule has 2 aliphatic rings. The van der Waals surface area contributed by atoms with Gasteiger partial charge in [0.1, 0.15) is 0 Å². The molecule has 0 spiro atoms. The van der Waals surface area contributed by atoms with E-state index >= 15 is 0 Å². The fourth-order valence-electron chi connectivity index (χ4n) is 4.39. The van der Waals surface area contributed by atoms with Gasteiger partial charge in [-0.3, -0.25) is 0 Å². The highest BCUT2D eigenvalue weighted by Gasteiger charge is 2.46. The number of hydrogen-bond donors (Lipinski definition) is 0. The Labute approximate surface area is 176 Å². The first-order valence-electron chi connectivity index (χ1n) is 9.95. The minimum atomic E-state index is -0.180. The molecule has 30 heavy (non-hydrogen) atoms. The van der Waals surface area contributed by atoms with Crippen LogP contribution in [-0.4, -0.2) is 48.4 Å². The molecule has 4 atom stereocenters. The zero-order valence-corrected chi connectivity index (χ0v) is 17.8. The maximum atomic E-state index is 6.64.